The first-order chi connectivity index (χ1) is 18.5. The summed E-state index contributed by atoms with van der Waals surface area (Å²) in [5.41, 5.74) is -3.43. The first-order valence-corrected chi connectivity index (χ1v) is 12.8. The Bertz CT molecular complexity index is 1190. The molecule has 218 valence electrons. The van der Waals surface area contributed by atoms with Crippen LogP contribution in [0.4, 0.5) is 24.0 Å². The highest BCUT2D eigenvalue weighted by Gasteiger charge is 2.65. The summed E-state index contributed by atoms with van der Waals surface area (Å²) in [7, 11) is 0. The Kier molecular flexibility index (Phi) is 8.46. The second kappa shape index (κ2) is 11.1. The SMILES string of the molecule is CC(C)(C)OC(=O)N(C(=O)OCc1ccccc1)C1CCCC2(C1)C(=O)N(C(=O)O)C(=O)N2C(=O)OC(C)(C)C. The zero-order valence-electron chi connectivity index (χ0n) is 23.5. The number of carbonyl (C=O) groups is 6. The number of amides is 7. The van der Waals surface area contributed by atoms with Gasteiger partial charge in [-0.15, -0.1) is 0 Å². The van der Waals surface area contributed by atoms with Crippen molar-refractivity contribution in [3.8, 4) is 0 Å². The first kappa shape index (κ1) is 30.4. The fraction of sp³-hybridized carbons (Fsp3) is 0.556. The molecule has 1 N–H and O–H groups in total. The van der Waals surface area contributed by atoms with Crippen LogP contribution in [0.3, 0.4) is 0 Å². The summed E-state index contributed by atoms with van der Waals surface area (Å²) in [4.78, 5) is 79.4. The molecule has 2 aliphatic rings. The highest BCUT2D eigenvalue weighted by molar-refractivity contribution is 6.20. The Hall–Kier alpha value is -4.16. The molecule has 40 heavy (non-hydrogen) atoms. The fourth-order valence-corrected chi connectivity index (χ4v) is 4.72. The molecule has 13 nitrogen and oxygen atoms in total. The molecule has 3 rings (SSSR count). The molecule has 2 unspecified atom stereocenters. The third-order valence-corrected chi connectivity index (χ3v) is 6.24. The van der Waals surface area contributed by atoms with E-state index in [2.05, 4.69) is 0 Å². The average molecular weight is 562 g/mol. The molecule has 0 aromatic heterocycles. The molecule has 7 amide bonds. The van der Waals surface area contributed by atoms with Gasteiger partial charge < -0.3 is 19.3 Å². The summed E-state index contributed by atoms with van der Waals surface area (Å²) in [6.07, 6.45) is -5.39. The Morgan fingerprint density at radius 3 is 2.12 bits per heavy atom. The maximum Gasteiger partial charge on any atom is 0.422 e. The van der Waals surface area contributed by atoms with Crippen LogP contribution in [0.25, 0.3) is 0 Å². The molecule has 0 radical (unpaired) electrons. The van der Waals surface area contributed by atoms with Gasteiger partial charge in [-0.25, -0.2) is 33.8 Å². The minimum atomic E-state index is -2.01. The molecule has 1 saturated heterocycles. The lowest BCUT2D eigenvalue weighted by atomic mass is 9.77. The molecule has 1 saturated carbocycles. The smallest absolute Gasteiger partial charge is 0.422 e. The zero-order chi connectivity index (χ0) is 30.0. The maximum atomic E-state index is 13.5. The van der Waals surface area contributed by atoms with Crippen LogP contribution in [0.1, 0.15) is 72.8 Å². The number of carboxylic acid groups (broad SMARTS) is 1. The predicted octanol–water partition coefficient (Wildman–Crippen LogP) is 5.12. The van der Waals surface area contributed by atoms with E-state index < -0.39 is 65.5 Å². The third-order valence-electron chi connectivity index (χ3n) is 6.24. The number of hydrogen-bond donors (Lipinski definition) is 1. The number of urea groups is 1. The van der Waals surface area contributed by atoms with Gasteiger partial charge in [-0.05, 0) is 66.4 Å². The quantitative estimate of drug-likeness (QED) is 0.387. The van der Waals surface area contributed by atoms with Crippen LogP contribution in [0, 0.1) is 0 Å². The van der Waals surface area contributed by atoms with Gasteiger partial charge in [0, 0.05) is 12.5 Å². The van der Waals surface area contributed by atoms with Gasteiger partial charge in [-0.1, -0.05) is 30.3 Å². The van der Waals surface area contributed by atoms with Gasteiger partial charge in [0.05, 0.1) is 0 Å². The summed E-state index contributed by atoms with van der Waals surface area (Å²) in [6, 6.07) is 6.27. The van der Waals surface area contributed by atoms with Crippen LogP contribution in [0.15, 0.2) is 30.3 Å². The largest absolute Gasteiger partial charge is 0.464 e. The lowest BCUT2D eigenvalue weighted by molar-refractivity contribution is -0.134. The van der Waals surface area contributed by atoms with Crippen LogP contribution in [0.2, 0.25) is 0 Å². The normalized spacial score (nSPS) is 21.3. The molecule has 2 atom stereocenters. The molecule has 13 heteroatoms. The van der Waals surface area contributed by atoms with E-state index in [1.165, 1.54) is 0 Å². The van der Waals surface area contributed by atoms with Crippen LogP contribution < -0.4 is 0 Å². The van der Waals surface area contributed by atoms with Crippen LogP contribution in [-0.4, -0.2) is 78.9 Å². The molecule has 0 bridgehead atoms. The third kappa shape index (κ3) is 6.52. The van der Waals surface area contributed by atoms with E-state index in [-0.39, 0.29) is 30.8 Å². The van der Waals surface area contributed by atoms with E-state index in [1.54, 1.807) is 71.9 Å². The van der Waals surface area contributed by atoms with E-state index in [1.807, 2.05) is 0 Å². The molecule has 1 aromatic rings. The van der Waals surface area contributed by atoms with Gasteiger partial charge in [0.2, 0.25) is 0 Å². The van der Waals surface area contributed by atoms with E-state index >= 15 is 0 Å². The lowest BCUT2D eigenvalue weighted by Gasteiger charge is -2.43. The van der Waals surface area contributed by atoms with Crippen molar-refractivity contribution in [2.45, 2.75) is 96.6 Å². The Morgan fingerprint density at radius 1 is 0.975 bits per heavy atom. The highest BCUT2D eigenvalue weighted by Crippen LogP contribution is 2.43. The molecule has 2 fully saturated rings. The number of hydrogen-bond acceptors (Lipinski definition) is 9. The number of imide groups is 5. The predicted molar refractivity (Wildman–Crippen MR) is 138 cm³/mol. The monoisotopic (exact) mass is 561 g/mol. The summed E-state index contributed by atoms with van der Waals surface area (Å²) in [5.74, 6) is -1.16. The van der Waals surface area contributed by atoms with E-state index in [4.69, 9.17) is 14.2 Å². The zero-order valence-corrected chi connectivity index (χ0v) is 23.5. The summed E-state index contributed by atoms with van der Waals surface area (Å²) in [6.45, 7) is 9.30. The standard InChI is InChI=1S/C27H35N3O10/c1-25(2,3)39-23(36)28(22(35)38-16-17-11-8-7-9-12-17)18-13-10-14-27(15-18)19(31)29(21(33)34)20(32)30(27)24(37)40-26(4,5)6/h7-9,11-12,18H,10,13-16H2,1-6H3,(H,33,34). The second-order valence-electron chi connectivity index (χ2n) is 11.7. The van der Waals surface area contributed by atoms with E-state index in [0.717, 1.165) is 4.90 Å². The Balaban J connectivity index is 2.00. The summed E-state index contributed by atoms with van der Waals surface area (Å²) < 4.78 is 16.2. The number of rotatable bonds is 3. The Morgan fingerprint density at radius 2 is 1.57 bits per heavy atom. The molecular formula is C27H35N3O10. The van der Waals surface area contributed by atoms with Crippen LogP contribution >= 0.6 is 0 Å². The van der Waals surface area contributed by atoms with Crippen molar-refractivity contribution in [2.75, 3.05) is 0 Å². The van der Waals surface area contributed by atoms with Crippen molar-refractivity contribution in [1.29, 1.82) is 0 Å². The number of carbonyl (C=O) groups excluding carboxylic acids is 5. The van der Waals surface area contributed by atoms with Gasteiger partial charge in [0.15, 0.2) is 0 Å². The molecule has 1 spiro atoms. The number of ether oxygens (including phenoxy) is 3. The van der Waals surface area contributed by atoms with Gasteiger partial charge in [-0.3, -0.25) is 4.79 Å². The van der Waals surface area contributed by atoms with Gasteiger partial charge >= 0.3 is 30.4 Å². The molecular weight excluding hydrogens is 526 g/mol. The van der Waals surface area contributed by atoms with Gasteiger partial charge in [0.25, 0.3) is 5.91 Å². The summed E-state index contributed by atoms with van der Waals surface area (Å²) >= 11 is 0. The van der Waals surface area contributed by atoms with Crippen molar-refractivity contribution in [2.24, 2.45) is 0 Å². The van der Waals surface area contributed by atoms with Gasteiger partial charge in [0.1, 0.15) is 23.3 Å². The lowest BCUT2D eigenvalue weighted by Crippen LogP contribution is -2.60. The van der Waals surface area contributed by atoms with E-state index in [0.29, 0.717) is 10.5 Å². The van der Waals surface area contributed by atoms with Crippen molar-refractivity contribution >= 4 is 36.3 Å². The minimum Gasteiger partial charge on any atom is -0.464 e. The average Bonchev–Trinajstić information content (AvgIpc) is 3.01. The molecule has 1 aromatic carbocycles. The van der Waals surface area contributed by atoms with E-state index in [9.17, 15) is 33.9 Å². The first-order valence-electron chi connectivity index (χ1n) is 12.8. The van der Waals surface area contributed by atoms with Crippen molar-refractivity contribution < 1.29 is 48.1 Å². The Labute approximate surface area is 231 Å². The molecule has 1 heterocycles. The fourth-order valence-electron chi connectivity index (χ4n) is 4.72. The number of benzene rings is 1. The van der Waals surface area contributed by atoms with Crippen LogP contribution in [0.5, 0.6) is 0 Å². The minimum absolute atomic E-state index is 0.0438. The highest BCUT2D eigenvalue weighted by atomic mass is 16.6. The van der Waals surface area contributed by atoms with Gasteiger partial charge in [-0.2, -0.15) is 4.90 Å². The van der Waals surface area contributed by atoms with Crippen molar-refractivity contribution in [3.05, 3.63) is 35.9 Å². The number of nitrogens with zero attached hydrogens (tertiary/aromatic N) is 3. The molecule has 1 aliphatic heterocycles. The van der Waals surface area contributed by atoms with Crippen molar-refractivity contribution in [1.82, 2.24) is 14.7 Å². The second-order valence-corrected chi connectivity index (χ2v) is 11.7. The van der Waals surface area contributed by atoms with Crippen LogP contribution in [-0.2, 0) is 25.6 Å². The van der Waals surface area contributed by atoms with Crippen molar-refractivity contribution in [3.63, 3.8) is 0 Å². The topological polar surface area (TPSA) is 160 Å². The summed E-state index contributed by atoms with van der Waals surface area (Å²) in [5, 5.41) is 9.60. The molecule has 1 aliphatic carbocycles. The maximum absolute atomic E-state index is 13.5.